The maximum atomic E-state index is 11.6. The second kappa shape index (κ2) is 6.14. The van der Waals surface area contributed by atoms with E-state index in [0.717, 1.165) is 5.56 Å². The van der Waals surface area contributed by atoms with Crippen LogP contribution in [-0.2, 0) is 11.3 Å². The van der Waals surface area contributed by atoms with Crippen LogP contribution >= 0.6 is 15.9 Å². The van der Waals surface area contributed by atoms with Crippen molar-refractivity contribution in [3.8, 4) is 0 Å². The van der Waals surface area contributed by atoms with Gasteiger partial charge in [0.15, 0.2) is 0 Å². The van der Waals surface area contributed by atoms with Gasteiger partial charge in [0, 0.05) is 0 Å². The Morgan fingerprint density at radius 2 is 2.11 bits per heavy atom. The highest BCUT2D eigenvalue weighted by Crippen LogP contribution is 2.15. The van der Waals surface area contributed by atoms with E-state index in [-0.39, 0.29) is 16.8 Å². The molecule has 1 aromatic carbocycles. The predicted molar refractivity (Wildman–Crippen MR) is 72.8 cm³/mol. The van der Waals surface area contributed by atoms with Crippen molar-refractivity contribution in [2.24, 2.45) is 0 Å². The number of anilines is 1. The first-order valence-electron chi connectivity index (χ1n) is 5.37. The van der Waals surface area contributed by atoms with Crippen LogP contribution in [0.5, 0.6) is 0 Å². The molecule has 0 fully saturated rings. The van der Waals surface area contributed by atoms with E-state index in [1.54, 1.807) is 0 Å². The number of halogens is 1. The smallest absolute Gasteiger partial charge is 0.412 e. The molecule has 0 aliphatic heterocycles. The summed E-state index contributed by atoms with van der Waals surface area (Å²) in [4.78, 5) is 22.8. The van der Waals surface area contributed by atoms with Gasteiger partial charge in [0.25, 0.3) is 5.56 Å². The zero-order valence-electron chi connectivity index (χ0n) is 9.72. The molecule has 0 aliphatic rings. The normalized spacial score (nSPS) is 9.95. The van der Waals surface area contributed by atoms with Gasteiger partial charge in [-0.2, -0.15) is 5.10 Å². The lowest BCUT2D eigenvalue weighted by Crippen LogP contribution is -2.18. The predicted octanol–water partition coefficient (Wildman–Crippen LogP) is 2.28. The summed E-state index contributed by atoms with van der Waals surface area (Å²) in [5, 5.41) is 8.24. The van der Waals surface area contributed by atoms with Crippen molar-refractivity contribution in [2.75, 3.05) is 5.32 Å². The molecule has 0 atom stereocenters. The van der Waals surface area contributed by atoms with Crippen LogP contribution in [0.15, 0.2) is 45.8 Å². The number of carbonyl (C=O) groups is 1. The summed E-state index contributed by atoms with van der Waals surface area (Å²) in [6, 6.07) is 9.28. The fraction of sp³-hybridized carbons (Fsp3) is 0.0833. The number of hydrogen-bond donors (Lipinski definition) is 2. The number of amides is 1. The largest absolute Gasteiger partial charge is 0.444 e. The molecule has 0 unspecified atom stereocenters. The first-order chi connectivity index (χ1) is 9.16. The Morgan fingerprint density at radius 3 is 2.84 bits per heavy atom. The summed E-state index contributed by atoms with van der Waals surface area (Å²) in [5.74, 6) is 0. The van der Waals surface area contributed by atoms with Gasteiger partial charge < -0.3 is 4.74 Å². The molecule has 2 N–H and O–H groups in total. The van der Waals surface area contributed by atoms with Gasteiger partial charge in [0.05, 0.1) is 11.9 Å². The minimum Gasteiger partial charge on any atom is -0.444 e. The first-order valence-corrected chi connectivity index (χ1v) is 6.17. The number of aromatic amines is 1. The molecule has 0 radical (unpaired) electrons. The zero-order valence-corrected chi connectivity index (χ0v) is 11.3. The van der Waals surface area contributed by atoms with Crippen molar-refractivity contribution in [1.82, 2.24) is 10.2 Å². The van der Waals surface area contributed by atoms with Gasteiger partial charge in [-0.1, -0.05) is 30.3 Å². The first kappa shape index (κ1) is 13.3. The fourth-order valence-electron chi connectivity index (χ4n) is 1.34. The van der Waals surface area contributed by atoms with Crippen molar-refractivity contribution in [3.63, 3.8) is 0 Å². The molecule has 1 heterocycles. The summed E-state index contributed by atoms with van der Waals surface area (Å²) in [5.41, 5.74) is 0.698. The molecular formula is C12H10BrN3O3. The Kier molecular flexibility index (Phi) is 4.30. The van der Waals surface area contributed by atoms with Gasteiger partial charge in [0.1, 0.15) is 11.1 Å². The van der Waals surface area contributed by atoms with Crippen LogP contribution in [0, 0.1) is 0 Å². The minimum absolute atomic E-state index is 0.154. The van der Waals surface area contributed by atoms with Crippen molar-refractivity contribution in [1.29, 1.82) is 0 Å². The van der Waals surface area contributed by atoms with E-state index in [1.807, 2.05) is 30.3 Å². The van der Waals surface area contributed by atoms with E-state index in [9.17, 15) is 9.59 Å². The third-order valence-electron chi connectivity index (χ3n) is 2.25. The molecule has 0 saturated carbocycles. The molecule has 0 spiro atoms. The van der Waals surface area contributed by atoms with Crippen molar-refractivity contribution < 1.29 is 9.53 Å². The third-order valence-corrected chi connectivity index (χ3v) is 3.03. The average molecular weight is 324 g/mol. The third kappa shape index (κ3) is 3.65. The number of nitrogens with zero attached hydrogens (tertiary/aromatic N) is 1. The molecule has 0 bridgehead atoms. The molecular weight excluding hydrogens is 314 g/mol. The fourth-order valence-corrected chi connectivity index (χ4v) is 1.63. The van der Waals surface area contributed by atoms with Gasteiger partial charge in [-0.15, -0.1) is 0 Å². The summed E-state index contributed by atoms with van der Waals surface area (Å²) >= 11 is 3.05. The molecule has 0 aliphatic carbocycles. The van der Waals surface area contributed by atoms with E-state index >= 15 is 0 Å². The standard InChI is InChI=1S/C12H10BrN3O3/c13-10-9(6-14-16-11(10)17)15-12(18)19-7-8-4-2-1-3-5-8/h1-6H,7H2,(H2,15,16,17,18). The molecule has 6 nitrogen and oxygen atoms in total. The lowest BCUT2D eigenvalue weighted by atomic mass is 10.2. The Balaban J connectivity index is 1.95. The van der Waals surface area contributed by atoms with Crippen molar-refractivity contribution in [2.45, 2.75) is 6.61 Å². The van der Waals surface area contributed by atoms with E-state index in [1.165, 1.54) is 6.20 Å². The van der Waals surface area contributed by atoms with E-state index in [2.05, 4.69) is 31.4 Å². The highest BCUT2D eigenvalue weighted by molar-refractivity contribution is 9.10. The highest BCUT2D eigenvalue weighted by Gasteiger charge is 2.09. The Hall–Kier alpha value is -2.15. The molecule has 19 heavy (non-hydrogen) atoms. The van der Waals surface area contributed by atoms with Crippen LogP contribution in [0.25, 0.3) is 0 Å². The van der Waals surface area contributed by atoms with Crippen molar-refractivity contribution >= 4 is 27.7 Å². The second-order valence-corrected chi connectivity index (χ2v) is 4.41. The Bertz CT molecular complexity index is 628. The molecule has 2 aromatic rings. The molecule has 98 valence electrons. The van der Waals surface area contributed by atoms with Gasteiger partial charge in [-0.05, 0) is 21.5 Å². The van der Waals surface area contributed by atoms with Crippen LogP contribution in [0.2, 0.25) is 0 Å². The van der Waals surface area contributed by atoms with E-state index in [4.69, 9.17) is 4.74 Å². The average Bonchev–Trinajstić information content (AvgIpc) is 2.43. The second-order valence-electron chi connectivity index (χ2n) is 3.61. The lowest BCUT2D eigenvalue weighted by molar-refractivity contribution is 0.155. The minimum atomic E-state index is -0.656. The molecule has 0 saturated heterocycles. The van der Waals surface area contributed by atoms with E-state index < -0.39 is 11.7 Å². The summed E-state index contributed by atoms with van der Waals surface area (Å²) < 4.78 is 5.21. The van der Waals surface area contributed by atoms with Crippen LogP contribution in [0.1, 0.15) is 5.56 Å². The monoisotopic (exact) mass is 323 g/mol. The number of nitrogens with one attached hydrogen (secondary N) is 2. The maximum absolute atomic E-state index is 11.6. The van der Waals surface area contributed by atoms with Gasteiger partial charge in [0.2, 0.25) is 0 Å². The number of H-pyrrole nitrogens is 1. The SMILES string of the molecule is O=C(Nc1cn[nH]c(=O)c1Br)OCc1ccccc1. The summed E-state index contributed by atoms with van der Waals surface area (Å²) in [6.07, 6.45) is 0.659. The molecule has 1 amide bonds. The van der Waals surface area contributed by atoms with Gasteiger partial charge >= 0.3 is 6.09 Å². The van der Waals surface area contributed by atoms with Crippen LogP contribution in [0.4, 0.5) is 10.5 Å². The maximum Gasteiger partial charge on any atom is 0.412 e. The number of carbonyl (C=O) groups excluding carboxylic acids is 1. The van der Waals surface area contributed by atoms with Crippen molar-refractivity contribution in [3.05, 3.63) is 56.9 Å². The highest BCUT2D eigenvalue weighted by atomic mass is 79.9. The van der Waals surface area contributed by atoms with Gasteiger partial charge in [-0.25, -0.2) is 9.89 Å². The quantitative estimate of drug-likeness (QED) is 0.907. The van der Waals surface area contributed by atoms with Gasteiger partial charge in [-0.3, -0.25) is 10.1 Å². The number of benzene rings is 1. The Morgan fingerprint density at radius 1 is 1.37 bits per heavy atom. The Labute approximate surface area is 116 Å². The number of aromatic nitrogens is 2. The molecule has 2 rings (SSSR count). The number of hydrogen-bond acceptors (Lipinski definition) is 4. The van der Waals surface area contributed by atoms with Crippen LogP contribution in [-0.4, -0.2) is 16.3 Å². The topological polar surface area (TPSA) is 84.1 Å². The number of ether oxygens (including phenoxy) is 1. The zero-order chi connectivity index (χ0) is 13.7. The van der Waals surface area contributed by atoms with Crippen LogP contribution in [0.3, 0.4) is 0 Å². The summed E-state index contributed by atoms with van der Waals surface area (Å²) in [7, 11) is 0. The summed E-state index contributed by atoms with van der Waals surface area (Å²) in [6.45, 7) is 0.154. The number of rotatable bonds is 3. The molecule has 1 aromatic heterocycles. The van der Waals surface area contributed by atoms with Crippen LogP contribution < -0.4 is 10.9 Å². The lowest BCUT2D eigenvalue weighted by Gasteiger charge is -2.07. The molecule has 7 heteroatoms. The van der Waals surface area contributed by atoms with E-state index in [0.29, 0.717) is 0 Å².